The summed E-state index contributed by atoms with van der Waals surface area (Å²) in [5.41, 5.74) is 0. The summed E-state index contributed by atoms with van der Waals surface area (Å²) in [5.74, 6) is -0.679. The highest BCUT2D eigenvalue weighted by atomic mass is 32.3. The van der Waals surface area contributed by atoms with Gasteiger partial charge in [0.05, 0.1) is 25.4 Å². The van der Waals surface area contributed by atoms with Gasteiger partial charge in [0.1, 0.15) is 30.5 Å². The molecule has 0 bridgehead atoms. The normalized spacial score (nSPS) is 22.9. The van der Waals surface area contributed by atoms with Crippen molar-refractivity contribution in [2.24, 2.45) is 0 Å². The van der Waals surface area contributed by atoms with Crippen molar-refractivity contribution in [2.75, 3.05) is 13.2 Å². The largest absolute Gasteiger partial charge is 0.397 e. The third-order valence-corrected chi connectivity index (χ3v) is 10.2. The van der Waals surface area contributed by atoms with Crippen molar-refractivity contribution in [1.29, 1.82) is 0 Å². The predicted molar refractivity (Wildman–Crippen MR) is 196 cm³/mol. The van der Waals surface area contributed by atoms with Gasteiger partial charge in [-0.05, 0) is 12.8 Å². The van der Waals surface area contributed by atoms with Crippen molar-refractivity contribution < 1.29 is 57.0 Å². The third kappa shape index (κ3) is 22.8. The average Bonchev–Trinajstić information content (AvgIpc) is 3.09. The molecule has 0 radical (unpaired) electrons. The molecule has 304 valence electrons. The summed E-state index contributed by atoms with van der Waals surface area (Å²) in [6.45, 7) is 3.06. The van der Waals surface area contributed by atoms with Gasteiger partial charge in [0, 0.05) is 0 Å². The van der Waals surface area contributed by atoms with Crippen LogP contribution in [0.15, 0.2) is 0 Å². The van der Waals surface area contributed by atoms with E-state index in [0.29, 0.717) is 19.3 Å². The summed E-state index contributed by atoms with van der Waals surface area (Å²) in [7, 11) is -5.09. The summed E-state index contributed by atoms with van der Waals surface area (Å²) in [6, 6.07) is -1.02. The molecule has 1 aliphatic rings. The number of aliphatic hydroxyl groups is 5. The molecule has 13 nitrogen and oxygen atoms in total. The first-order valence-electron chi connectivity index (χ1n) is 20.0. The van der Waals surface area contributed by atoms with E-state index in [0.717, 1.165) is 32.1 Å². The number of unbranched alkanes of at least 4 members (excludes halogenated alkanes) is 20. The van der Waals surface area contributed by atoms with Crippen LogP contribution in [0.4, 0.5) is 0 Å². The van der Waals surface area contributed by atoms with Gasteiger partial charge in [-0.25, -0.2) is 4.18 Å². The first kappa shape index (κ1) is 48.1. The molecular formula is C37H73NO12S. The highest BCUT2D eigenvalue weighted by Gasteiger charge is 2.48. The van der Waals surface area contributed by atoms with E-state index in [1.165, 1.54) is 96.3 Å². The van der Waals surface area contributed by atoms with Crippen LogP contribution in [0.25, 0.3) is 0 Å². The molecule has 1 heterocycles. The quantitative estimate of drug-likeness (QED) is 0.0339. The van der Waals surface area contributed by atoms with Gasteiger partial charge in [-0.1, -0.05) is 155 Å². The van der Waals surface area contributed by atoms with Gasteiger partial charge in [-0.2, -0.15) is 8.42 Å². The lowest BCUT2D eigenvalue weighted by Gasteiger charge is -2.41. The van der Waals surface area contributed by atoms with E-state index in [4.69, 9.17) is 14.0 Å². The number of hydrogen-bond acceptors (Lipinski definition) is 11. The smallest absolute Gasteiger partial charge is 0.394 e. The highest BCUT2D eigenvalue weighted by Crippen LogP contribution is 2.26. The number of carbonyl (C=O) groups is 1. The number of ether oxygens (including phenoxy) is 2. The summed E-state index contributed by atoms with van der Waals surface area (Å²) in [4.78, 5) is 12.9. The van der Waals surface area contributed by atoms with Crippen LogP contribution in [-0.2, 0) is 28.9 Å². The molecular weight excluding hydrogens is 682 g/mol. The molecule has 1 amide bonds. The second-order valence-electron chi connectivity index (χ2n) is 14.4. The van der Waals surface area contributed by atoms with Gasteiger partial charge < -0.3 is 40.3 Å². The zero-order chi connectivity index (χ0) is 37.9. The van der Waals surface area contributed by atoms with Crippen LogP contribution in [0.3, 0.4) is 0 Å². The van der Waals surface area contributed by atoms with Crippen molar-refractivity contribution in [3.05, 3.63) is 0 Å². The molecule has 51 heavy (non-hydrogen) atoms. The Morgan fingerprint density at radius 2 is 1.14 bits per heavy atom. The standard InChI is InChI=1S/C37H73NO12S/c1-3-5-7-8-9-10-11-12-13-14-15-16-17-18-19-20-21-22-24-26-31(41)36(44)38-29(30(40)25-23-6-4-2)28-48-37-34(43)35(50-51(45,46)47)33(42)32(27-39)49-37/h29-35,37,39-43H,3-28H2,1-2H3,(H,38,44)(H,45,46,47). The SMILES string of the molecule is CCCCCCCCCCCCCCCCCCCCCC(O)C(=O)NC(COC1OC(CO)C(O)C(OS(=O)(=O)O)C1O)C(O)CCCCC. The van der Waals surface area contributed by atoms with Crippen molar-refractivity contribution in [2.45, 2.75) is 217 Å². The van der Waals surface area contributed by atoms with E-state index < -0.39 is 78.5 Å². The molecule has 0 saturated carbocycles. The topological polar surface area (TPSA) is 212 Å². The van der Waals surface area contributed by atoms with E-state index in [1.807, 2.05) is 6.92 Å². The monoisotopic (exact) mass is 755 g/mol. The fourth-order valence-electron chi connectivity index (χ4n) is 6.52. The van der Waals surface area contributed by atoms with E-state index in [9.17, 15) is 38.7 Å². The highest BCUT2D eigenvalue weighted by molar-refractivity contribution is 7.80. The number of nitrogens with one attached hydrogen (secondary N) is 1. The Kier molecular flexibility index (Phi) is 27.7. The molecule has 8 atom stereocenters. The Bertz CT molecular complexity index is 958. The first-order valence-corrected chi connectivity index (χ1v) is 21.4. The number of rotatable bonds is 33. The molecule has 8 unspecified atom stereocenters. The second kappa shape index (κ2) is 29.4. The Morgan fingerprint density at radius 1 is 0.706 bits per heavy atom. The Balaban J connectivity index is 2.36. The van der Waals surface area contributed by atoms with E-state index in [1.54, 1.807) is 0 Å². The molecule has 0 aromatic carbocycles. The van der Waals surface area contributed by atoms with Crippen molar-refractivity contribution in [1.82, 2.24) is 5.32 Å². The van der Waals surface area contributed by atoms with Crippen molar-refractivity contribution in [3.8, 4) is 0 Å². The minimum atomic E-state index is -5.09. The summed E-state index contributed by atoms with van der Waals surface area (Å²) in [6.07, 6.45) is 15.7. The van der Waals surface area contributed by atoms with Crippen molar-refractivity contribution >= 4 is 16.3 Å². The zero-order valence-electron chi connectivity index (χ0n) is 31.5. The zero-order valence-corrected chi connectivity index (χ0v) is 32.4. The van der Waals surface area contributed by atoms with Crippen LogP contribution in [-0.4, -0.2) is 107 Å². The van der Waals surface area contributed by atoms with Gasteiger partial charge in [-0.15, -0.1) is 0 Å². The lowest BCUT2D eigenvalue weighted by molar-refractivity contribution is -0.298. The molecule has 1 aliphatic heterocycles. The molecule has 7 N–H and O–H groups in total. The van der Waals surface area contributed by atoms with Crippen LogP contribution in [0.5, 0.6) is 0 Å². The summed E-state index contributed by atoms with van der Waals surface area (Å²) in [5, 5.41) is 54.4. The van der Waals surface area contributed by atoms with E-state index in [-0.39, 0.29) is 6.42 Å². The van der Waals surface area contributed by atoms with E-state index >= 15 is 0 Å². The molecule has 0 aliphatic carbocycles. The fourth-order valence-corrected chi connectivity index (χ4v) is 7.03. The third-order valence-electron chi connectivity index (χ3n) is 9.77. The molecule has 1 saturated heterocycles. The lowest BCUT2D eigenvalue weighted by atomic mass is 9.99. The number of hydrogen-bond donors (Lipinski definition) is 7. The number of aliphatic hydroxyl groups excluding tert-OH is 5. The average molecular weight is 756 g/mol. The van der Waals surface area contributed by atoms with Gasteiger partial charge >= 0.3 is 10.4 Å². The number of amides is 1. The molecule has 0 spiro atoms. The first-order chi connectivity index (χ1) is 24.4. The Labute approximate surface area is 308 Å². The maximum absolute atomic E-state index is 12.9. The Morgan fingerprint density at radius 3 is 1.59 bits per heavy atom. The molecule has 0 aromatic heterocycles. The number of carbonyl (C=O) groups excluding carboxylic acids is 1. The molecule has 0 aromatic rings. The second-order valence-corrected chi connectivity index (χ2v) is 15.4. The predicted octanol–water partition coefficient (Wildman–Crippen LogP) is 5.24. The van der Waals surface area contributed by atoms with Crippen LogP contribution < -0.4 is 5.32 Å². The van der Waals surface area contributed by atoms with Gasteiger partial charge in [-0.3, -0.25) is 9.35 Å². The fraction of sp³-hybridized carbons (Fsp3) is 0.973. The minimum Gasteiger partial charge on any atom is -0.394 e. The lowest BCUT2D eigenvalue weighted by Crippen LogP contribution is -2.61. The van der Waals surface area contributed by atoms with Crippen molar-refractivity contribution in [3.63, 3.8) is 0 Å². The van der Waals surface area contributed by atoms with Gasteiger partial charge in [0.15, 0.2) is 6.29 Å². The maximum Gasteiger partial charge on any atom is 0.397 e. The van der Waals surface area contributed by atoms with Gasteiger partial charge in [0.25, 0.3) is 0 Å². The molecule has 14 heteroatoms. The summed E-state index contributed by atoms with van der Waals surface area (Å²) < 4.78 is 47.0. The molecule has 1 rings (SSSR count). The minimum absolute atomic E-state index is 0.263. The molecule has 1 fully saturated rings. The van der Waals surface area contributed by atoms with Crippen LogP contribution >= 0.6 is 0 Å². The maximum atomic E-state index is 12.9. The van der Waals surface area contributed by atoms with Crippen LogP contribution in [0.1, 0.15) is 168 Å². The summed E-state index contributed by atoms with van der Waals surface area (Å²) >= 11 is 0. The van der Waals surface area contributed by atoms with E-state index in [2.05, 4.69) is 16.4 Å². The van der Waals surface area contributed by atoms with Gasteiger partial charge in [0.2, 0.25) is 5.91 Å². The van der Waals surface area contributed by atoms with Crippen LogP contribution in [0.2, 0.25) is 0 Å². The van der Waals surface area contributed by atoms with Crippen LogP contribution in [0, 0.1) is 0 Å². The Hall–Kier alpha value is -0.940.